The van der Waals surface area contributed by atoms with Crippen molar-refractivity contribution < 1.29 is 4.74 Å². The van der Waals surface area contributed by atoms with Gasteiger partial charge in [0.1, 0.15) is 12.7 Å². The summed E-state index contributed by atoms with van der Waals surface area (Å²) in [6.07, 6.45) is 2.90. The molecule has 18 heavy (non-hydrogen) atoms. The van der Waals surface area contributed by atoms with E-state index in [1.54, 1.807) is 7.11 Å². The number of aromatic nitrogens is 6. The summed E-state index contributed by atoms with van der Waals surface area (Å²) in [6.45, 7) is 2.49. The van der Waals surface area contributed by atoms with E-state index in [9.17, 15) is 0 Å². The van der Waals surface area contributed by atoms with Crippen LogP contribution in [0.2, 0.25) is 5.28 Å². The van der Waals surface area contributed by atoms with Crippen LogP contribution in [0.1, 0.15) is 6.92 Å². The van der Waals surface area contributed by atoms with Gasteiger partial charge in [0.05, 0.1) is 6.10 Å². The normalized spacial score (nSPS) is 12.4. The second-order valence-corrected chi connectivity index (χ2v) is 3.83. The zero-order chi connectivity index (χ0) is 13.0. The molecule has 96 valence electrons. The molecule has 2 aromatic heterocycles. The zero-order valence-corrected chi connectivity index (χ0v) is 10.7. The van der Waals surface area contributed by atoms with Crippen molar-refractivity contribution >= 4 is 17.5 Å². The third kappa shape index (κ3) is 3.11. The molecule has 1 N–H and O–H groups in total. The Morgan fingerprint density at radius 2 is 2.28 bits per heavy atom. The third-order valence-electron chi connectivity index (χ3n) is 2.17. The van der Waals surface area contributed by atoms with Crippen LogP contribution in [0.4, 0.5) is 5.95 Å². The molecule has 2 rings (SSSR count). The van der Waals surface area contributed by atoms with Crippen molar-refractivity contribution in [1.29, 1.82) is 0 Å². The van der Waals surface area contributed by atoms with Gasteiger partial charge in [-0.05, 0) is 18.5 Å². The molecule has 8 nitrogen and oxygen atoms in total. The Balaban J connectivity index is 2.17. The highest BCUT2D eigenvalue weighted by Gasteiger charge is 2.08. The molecule has 0 spiro atoms. The van der Waals surface area contributed by atoms with Crippen LogP contribution in [0.5, 0.6) is 0 Å². The molecule has 0 fully saturated rings. The van der Waals surface area contributed by atoms with Gasteiger partial charge >= 0.3 is 0 Å². The highest BCUT2D eigenvalue weighted by molar-refractivity contribution is 6.28. The van der Waals surface area contributed by atoms with Gasteiger partial charge in [-0.15, -0.1) is 0 Å². The summed E-state index contributed by atoms with van der Waals surface area (Å²) >= 11 is 5.82. The number of hydrogen-bond acceptors (Lipinski definition) is 7. The lowest BCUT2D eigenvalue weighted by atomic mass is 10.4. The van der Waals surface area contributed by atoms with Crippen LogP contribution in [0, 0.1) is 0 Å². The number of anilines is 1. The van der Waals surface area contributed by atoms with Gasteiger partial charge in [0.25, 0.3) is 5.95 Å². The molecule has 0 saturated heterocycles. The van der Waals surface area contributed by atoms with Gasteiger partial charge in [0, 0.05) is 13.7 Å². The molecular weight excluding hydrogens is 258 g/mol. The molecule has 2 heterocycles. The molecule has 0 aromatic carbocycles. The molecule has 9 heteroatoms. The quantitative estimate of drug-likeness (QED) is 0.848. The van der Waals surface area contributed by atoms with Crippen LogP contribution in [-0.2, 0) is 4.74 Å². The maximum absolute atomic E-state index is 5.82. The average Bonchev–Trinajstić information content (AvgIpc) is 2.89. The van der Waals surface area contributed by atoms with Crippen molar-refractivity contribution in [3.05, 3.63) is 17.9 Å². The molecule has 0 bridgehead atoms. The highest BCUT2D eigenvalue weighted by Crippen LogP contribution is 2.08. The van der Waals surface area contributed by atoms with Crippen molar-refractivity contribution in [2.24, 2.45) is 0 Å². The third-order valence-corrected chi connectivity index (χ3v) is 2.34. The standard InChI is InChI=1S/C9H12ClN7O/c1-6(18-2)3-12-8-14-7(10)15-9(16-8)17-5-11-4-13-17/h4-6H,3H2,1-2H3,(H,12,14,15,16). The minimum absolute atomic E-state index is 0.0374. The molecule has 0 radical (unpaired) electrons. The van der Waals surface area contributed by atoms with E-state index in [-0.39, 0.29) is 11.4 Å². The average molecular weight is 270 g/mol. The van der Waals surface area contributed by atoms with Crippen molar-refractivity contribution in [3.8, 4) is 5.95 Å². The predicted molar refractivity (Wildman–Crippen MR) is 64.7 cm³/mol. The Morgan fingerprint density at radius 1 is 1.44 bits per heavy atom. The Kier molecular flexibility index (Phi) is 4.00. The molecule has 0 aliphatic carbocycles. The minimum Gasteiger partial charge on any atom is -0.380 e. The van der Waals surface area contributed by atoms with Gasteiger partial charge in [-0.25, -0.2) is 4.98 Å². The topological polar surface area (TPSA) is 90.6 Å². The van der Waals surface area contributed by atoms with E-state index in [1.165, 1.54) is 17.3 Å². The summed E-state index contributed by atoms with van der Waals surface area (Å²) in [5, 5.41) is 7.01. The van der Waals surface area contributed by atoms with E-state index in [0.717, 1.165) is 0 Å². The van der Waals surface area contributed by atoms with E-state index in [0.29, 0.717) is 18.4 Å². The van der Waals surface area contributed by atoms with Crippen molar-refractivity contribution in [3.63, 3.8) is 0 Å². The van der Waals surface area contributed by atoms with Gasteiger partial charge in [0.15, 0.2) is 0 Å². The highest BCUT2D eigenvalue weighted by atomic mass is 35.5. The molecule has 2 aromatic rings. The fraction of sp³-hybridized carbons (Fsp3) is 0.444. The molecular formula is C9H12ClN7O. The molecule has 1 atom stereocenters. The Morgan fingerprint density at radius 3 is 2.94 bits per heavy atom. The molecule has 0 aliphatic rings. The first-order valence-corrected chi connectivity index (χ1v) is 5.60. The largest absolute Gasteiger partial charge is 0.380 e. The summed E-state index contributed by atoms with van der Waals surface area (Å²) in [5.74, 6) is 0.671. The van der Waals surface area contributed by atoms with E-state index in [4.69, 9.17) is 16.3 Å². The number of ether oxygens (including phenoxy) is 1. The lowest BCUT2D eigenvalue weighted by Crippen LogP contribution is -2.20. The predicted octanol–water partition coefficient (Wildman–Crippen LogP) is 0.552. The summed E-state index contributed by atoms with van der Waals surface area (Å²) in [5.41, 5.74) is 0. The number of nitrogens with one attached hydrogen (secondary N) is 1. The smallest absolute Gasteiger partial charge is 0.258 e. The Hall–Kier alpha value is -1.80. The van der Waals surface area contributed by atoms with Crippen LogP contribution >= 0.6 is 11.6 Å². The molecule has 0 amide bonds. The Labute approximate surface area is 108 Å². The van der Waals surface area contributed by atoms with Crippen molar-refractivity contribution in [2.75, 3.05) is 19.0 Å². The monoisotopic (exact) mass is 269 g/mol. The first-order chi connectivity index (χ1) is 8.69. The second kappa shape index (κ2) is 5.69. The van der Waals surface area contributed by atoms with Crippen molar-refractivity contribution in [1.82, 2.24) is 29.7 Å². The van der Waals surface area contributed by atoms with E-state index in [1.807, 2.05) is 6.92 Å². The van der Waals surface area contributed by atoms with E-state index < -0.39 is 0 Å². The maximum Gasteiger partial charge on any atom is 0.258 e. The summed E-state index contributed by atoms with van der Waals surface area (Å²) < 4.78 is 6.51. The maximum atomic E-state index is 5.82. The fourth-order valence-corrected chi connectivity index (χ4v) is 1.31. The molecule has 0 aliphatic heterocycles. The van der Waals surface area contributed by atoms with E-state index in [2.05, 4.69) is 30.4 Å². The lowest BCUT2D eigenvalue weighted by molar-refractivity contribution is 0.128. The summed E-state index contributed by atoms with van der Waals surface area (Å²) in [6, 6.07) is 0. The van der Waals surface area contributed by atoms with Gasteiger partial charge < -0.3 is 10.1 Å². The van der Waals surface area contributed by atoms with Crippen LogP contribution in [-0.4, -0.2) is 49.5 Å². The van der Waals surface area contributed by atoms with Crippen molar-refractivity contribution in [2.45, 2.75) is 13.0 Å². The number of halogens is 1. The molecule has 1 unspecified atom stereocenters. The van der Waals surface area contributed by atoms with Crippen LogP contribution < -0.4 is 5.32 Å². The fourth-order valence-electron chi connectivity index (χ4n) is 1.15. The van der Waals surface area contributed by atoms with Gasteiger partial charge in [-0.3, -0.25) is 0 Å². The lowest BCUT2D eigenvalue weighted by Gasteiger charge is -2.10. The second-order valence-electron chi connectivity index (χ2n) is 3.50. The minimum atomic E-state index is 0.0374. The zero-order valence-electron chi connectivity index (χ0n) is 9.91. The SMILES string of the molecule is COC(C)CNc1nc(Cl)nc(-n2cncn2)n1. The van der Waals surface area contributed by atoms with Gasteiger partial charge in [0.2, 0.25) is 11.2 Å². The number of hydrogen-bond donors (Lipinski definition) is 1. The number of rotatable bonds is 5. The molecule has 0 saturated carbocycles. The van der Waals surface area contributed by atoms with Crippen LogP contribution in [0.3, 0.4) is 0 Å². The first kappa shape index (κ1) is 12.7. The first-order valence-electron chi connectivity index (χ1n) is 5.22. The van der Waals surface area contributed by atoms with Crippen LogP contribution in [0.25, 0.3) is 5.95 Å². The number of methoxy groups -OCH3 is 1. The van der Waals surface area contributed by atoms with E-state index >= 15 is 0 Å². The number of nitrogens with zero attached hydrogens (tertiary/aromatic N) is 6. The summed E-state index contributed by atoms with van der Waals surface area (Å²) in [4.78, 5) is 15.9. The van der Waals surface area contributed by atoms with Gasteiger partial charge in [-0.2, -0.15) is 24.7 Å². The summed E-state index contributed by atoms with van der Waals surface area (Å²) in [7, 11) is 1.63. The van der Waals surface area contributed by atoms with Gasteiger partial charge in [-0.1, -0.05) is 0 Å². The van der Waals surface area contributed by atoms with Crippen LogP contribution in [0.15, 0.2) is 12.7 Å². The Bertz CT molecular complexity index is 504.